The molecule has 3 aromatic rings. The van der Waals surface area contributed by atoms with Gasteiger partial charge in [0.1, 0.15) is 5.71 Å². The van der Waals surface area contributed by atoms with Crippen LogP contribution in [0, 0.1) is 5.92 Å². The molecule has 0 N–H and O–H groups in total. The number of nitrogens with zero attached hydrogens (tertiary/aromatic N) is 1. The molecule has 0 spiro atoms. The van der Waals surface area contributed by atoms with Crippen LogP contribution in [0.2, 0.25) is 5.02 Å². The fraction of sp³-hybridized carbons (Fsp3) is 0.167. The predicted octanol–water partition coefficient (Wildman–Crippen LogP) is 8.36. The Bertz CT molecular complexity index is 1660. The molecule has 0 fully saturated rings. The number of carbonyl (C=O) groups is 2. The van der Waals surface area contributed by atoms with Crippen LogP contribution < -0.4 is 0 Å². The van der Waals surface area contributed by atoms with Crippen molar-refractivity contribution < 1.29 is 35.5 Å². The first kappa shape index (κ1) is 32.6. The molecule has 43 heavy (non-hydrogen) atoms. The van der Waals surface area contributed by atoms with E-state index in [9.17, 15) is 31.2 Å². The van der Waals surface area contributed by atoms with Crippen LogP contribution in [-0.4, -0.2) is 37.0 Å². The van der Waals surface area contributed by atoms with Gasteiger partial charge >= 0.3 is 15.6 Å². The highest BCUT2D eigenvalue weighted by atomic mass is 35.5. The first-order chi connectivity index (χ1) is 20.4. The van der Waals surface area contributed by atoms with Crippen LogP contribution >= 0.6 is 35.1 Å². The zero-order valence-electron chi connectivity index (χ0n) is 22.2. The molecule has 1 unspecified atom stereocenters. The molecule has 0 amide bonds. The second-order valence-corrected chi connectivity index (χ2v) is 13.3. The van der Waals surface area contributed by atoms with Crippen LogP contribution in [0.15, 0.2) is 117 Å². The fourth-order valence-electron chi connectivity index (χ4n) is 3.80. The van der Waals surface area contributed by atoms with Crippen LogP contribution in [0.25, 0.3) is 0 Å². The second-order valence-electron chi connectivity index (χ2n) is 9.06. The topological polar surface area (TPSA) is 89.9 Å². The number of rotatable bonds is 12. The quantitative estimate of drug-likeness (QED) is 0.0631. The minimum atomic E-state index is -6.04. The number of Topliss-reactive ketones (excluding diaryl/α,β-unsaturated/α-hetero) is 2. The van der Waals surface area contributed by atoms with E-state index in [-0.39, 0.29) is 29.4 Å². The van der Waals surface area contributed by atoms with Gasteiger partial charge in [-0.2, -0.15) is 21.6 Å². The number of ketones is 2. The van der Waals surface area contributed by atoms with E-state index in [1.807, 2.05) is 36.4 Å². The Morgan fingerprint density at radius 2 is 1.58 bits per heavy atom. The maximum absolute atomic E-state index is 13.1. The third-order valence-electron chi connectivity index (χ3n) is 6.03. The molecule has 224 valence electrons. The monoisotopic (exact) mass is 665 g/mol. The molecule has 13 heteroatoms. The molecule has 0 bridgehead atoms. The van der Waals surface area contributed by atoms with Crippen molar-refractivity contribution in [3.63, 3.8) is 0 Å². The van der Waals surface area contributed by atoms with Gasteiger partial charge in [0, 0.05) is 48.9 Å². The fourth-order valence-corrected chi connectivity index (χ4v) is 5.93. The summed E-state index contributed by atoms with van der Waals surface area (Å²) in [4.78, 5) is 28.3. The number of oxime groups is 1. The molecular formula is C30H23ClF3NO5S3. The summed E-state index contributed by atoms with van der Waals surface area (Å²) in [6, 6.07) is 22.1. The largest absolute Gasteiger partial charge is 0.536 e. The lowest BCUT2D eigenvalue weighted by molar-refractivity contribution is -0.0541. The Kier molecular flexibility index (Phi) is 10.9. The number of alkyl halides is 3. The van der Waals surface area contributed by atoms with Crippen molar-refractivity contribution in [3.05, 3.63) is 118 Å². The van der Waals surface area contributed by atoms with Gasteiger partial charge in [0.05, 0.1) is 0 Å². The lowest BCUT2D eigenvalue weighted by Crippen LogP contribution is -2.25. The Hall–Kier alpha value is -3.32. The van der Waals surface area contributed by atoms with Gasteiger partial charge in [-0.25, -0.2) is 0 Å². The minimum Gasteiger partial charge on any atom is -0.294 e. The van der Waals surface area contributed by atoms with Crippen molar-refractivity contribution in [1.29, 1.82) is 0 Å². The summed E-state index contributed by atoms with van der Waals surface area (Å²) < 4.78 is 65.0. The molecule has 0 heterocycles. The number of hydrogen-bond donors (Lipinski definition) is 0. The lowest BCUT2D eigenvalue weighted by Gasteiger charge is -2.15. The number of benzene rings is 3. The standard InChI is InChI=1S/C30H23ClF3NO5S3/c31-23-10-16-24(17-11-23)41-19-18-27(35-40-43(38,39)30(32,33)34)29(37)22-8-14-26(15-9-22)42-25-12-6-21(7-13-25)28(36)20-4-2-1-3-5-20/h1-6,8-17,21H,7,18-19H2/b35-27+. The van der Waals surface area contributed by atoms with Gasteiger partial charge in [0.2, 0.25) is 5.78 Å². The second kappa shape index (κ2) is 14.4. The van der Waals surface area contributed by atoms with Crippen molar-refractivity contribution in [2.24, 2.45) is 11.1 Å². The van der Waals surface area contributed by atoms with Gasteiger partial charge in [0.15, 0.2) is 5.78 Å². The van der Waals surface area contributed by atoms with E-state index >= 15 is 0 Å². The maximum atomic E-state index is 13.1. The smallest absolute Gasteiger partial charge is 0.294 e. The van der Waals surface area contributed by atoms with E-state index in [2.05, 4.69) is 9.44 Å². The van der Waals surface area contributed by atoms with E-state index in [1.165, 1.54) is 35.7 Å². The van der Waals surface area contributed by atoms with Crippen molar-refractivity contribution in [2.75, 3.05) is 5.75 Å². The Morgan fingerprint density at radius 3 is 2.19 bits per heavy atom. The van der Waals surface area contributed by atoms with Gasteiger partial charge in [-0.1, -0.05) is 77.1 Å². The van der Waals surface area contributed by atoms with Gasteiger partial charge in [-0.05, 0) is 55.0 Å². The zero-order chi connectivity index (χ0) is 31.0. The van der Waals surface area contributed by atoms with Crippen molar-refractivity contribution >= 4 is 62.5 Å². The Morgan fingerprint density at radius 1 is 0.930 bits per heavy atom. The van der Waals surface area contributed by atoms with E-state index in [0.29, 0.717) is 17.0 Å². The summed E-state index contributed by atoms with van der Waals surface area (Å²) in [6.45, 7) is 0. The highest BCUT2D eigenvalue weighted by molar-refractivity contribution is 8.03. The van der Waals surface area contributed by atoms with Gasteiger partial charge in [0.25, 0.3) is 0 Å². The molecule has 6 nitrogen and oxygen atoms in total. The molecule has 3 aromatic carbocycles. The first-order valence-electron chi connectivity index (χ1n) is 12.7. The van der Waals surface area contributed by atoms with Crippen LogP contribution in [-0.2, 0) is 14.4 Å². The van der Waals surface area contributed by atoms with Gasteiger partial charge in [-0.3, -0.25) is 13.9 Å². The van der Waals surface area contributed by atoms with Gasteiger partial charge < -0.3 is 0 Å². The number of thioether (sulfide) groups is 2. The Labute approximate surface area is 260 Å². The molecular weight excluding hydrogens is 643 g/mol. The van der Waals surface area contributed by atoms with Gasteiger partial charge in [-0.15, -0.1) is 11.8 Å². The summed E-state index contributed by atoms with van der Waals surface area (Å²) >= 11 is 8.56. The van der Waals surface area contributed by atoms with E-state index in [1.54, 1.807) is 48.5 Å². The average molecular weight is 666 g/mol. The highest BCUT2D eigenvalue weighted by Crippen LogP contribution is 2.33. The number of halogens is 4. The molecule has 0 aromatic heterocycles. The third-order valence-corrected chi connectivity index (χ3v) is 9.18. The maximum Gasteiger partial charge on any atom is 0.536 e. The molecule has 0 aliphatic heterocycles. The van der Waals surface area contributed by atoms with Crippen molar-refractivity contribution in [1.82, 2.24) is 0 Å². The van der Waals surface area contributed by atoms with E-state index in [4.69, 9.17) is 11.6 Å². The highest BCUT2D eigenvalue weighted by Gasteiger charge is 2.49. The number of hydrogen-bond acceptors (Lipinski definition) is 8. The van der Waals surface area contributed by atoms with Crippen molar-refractivity contribution in [2.45, 2.75) is 28.1 Å². The van der Waals surface area contributed by atoms with Crippen LogP contribution in [0.5, 0.6) is 0 Å². The predicted molar refractivity (Wildman–Crippen MR) is 163 cm³/mol. The molecule has 1 aliphatic carbocycles. The van der Waals surface area contributed by atoms with Crippen LogP contribution in [0.1, 0.15) is 33.6 Å². The average Bonchev–Trinajstić information content (AvgIpc) is 3.00. The summed E-state index contributed by atoms with van der Waals surface area (Å²) in [6.07, 6.45) is 6.04. The summed E-state index contributed by atoms with van der Waals surface area (Å²) in [5.74, 6) is -0.796. The number of carbonyl (C=O) groups excluding carboxylic acids is 2. The van der Waals surface area contributed by atoms with E-state index in [0.717, 1.165) is 14.7 Å². The Balaban J connectivity index is 1.42. The molecule has 1 atom stereocenters. The summed E-state index contributed by atoms with van der Waals surface area (Å²) in [5, 5.41) is 3.64. The molecule has 0 saturated carbocycles. The van der Waals surface area contributed by atoms with Crippen LogP contribution in [0.3, 0.4) is 0 Å². The SMILES string of the molecule is O=C(/C(CCSc1ccc(Cl)cc1)=N/OS(=O)(=O)C(F)(F)F)c1ccc(SC2=CCC(C(=O)c3ccccc3)C=C2)cc1. The zero-order valence-corrected chi connectivity index (χ0v) is 25.4. The van der Waals surface area contributed by atoms with Crippen molar-refractivity contribution in [3.8, 4) is 0 Å². The van der Waals surface area contributed by atoms with E-state index < -0.39 is 27.1 Å². The molecule has 0 radical (unpaired) electrons. The molecule has 0 saturated heterocycles. The minimum absolute atomic E-state index is 0.0380. The first-order valence-corrected chi connectivity index (χ1v) is 16.3. The molecule has 4 rings (SSSR count). The lowest BCUT2D eigenvalue weighted by atomic mass is 9.92. The third kappa shape index (κ3) is 9.09. The summed E-state index contributed by atoms with van der Waals surface area (Å²) in [7, 11) is -6.04. The normalized spacial score (nSPS) is 15.6. The van der Waals surface area contributed by atoms with Crippen LogP contribution in [0.4, 0.5) is 13.2 Å². The summed E-state index contributed by atoms with van der Waals surface area (Å²) in [5.41, 5.74) is -5.44. The molecule has 1 aliphatic rings. The number of allylic oxidation sites excluding steroid dienone is 3.